The van der Waals surface area contributed by atoms with Crippen LogP contribution in [0.3, 0.4) is 0 Å². The summed E-state index contributed by atoms with van der Waals surface area (Å²) in [6.45, 7) is 2.07. The second kappa shape index (κ2) is 4.78. The summed E-state index contributed by atoms with van der Waals surface area (Å²) in [5, 5.41) is 0. The van der Waals surface area contributed by atoms with Gasteiger partial charge in [0.1, 0.15) is 4.60 Å². The normalized spacial score (nSPS) is 17.4. The first kappa shape index (κ1) is 12.4. The van der Waals surface area contributed by atoms with Gasteiger partial charge in [-0.15, -0.1) is 0 Å². The molecule has 1 aliphatic rings. The maximum atomic E-state index is 12.7. The van der Waals surface area contributed by atoms with Gasteiger partial charge in [0.2, 0.25) is 0 Å². The Morgan fingerprint density at radius 3 is 2.89 bits per heavy atom. The molecule has 0 aliphatic carbocycles. The van der Waals surface area contributed by atoms with E-state index in [1.165, 1.54) is 5.56 Å². The third kappa shape index (κ3) is 2.06. The van der Waals surface area contributed by atoms with Crippen molar-refractivity contribution in [2.24, 2.45) is 0 Å². The molecule has 2 heterocycles. The topological polar surface area (TPSA) is 33.2 Å². The first-order valence-electron chi connectivity index (χ1n) is 6.20. The smallest absolute Gasteiger partial charge is 0.261 e. The number of anilines is 1. The molecule has 4 heteroatoms. The SMILES string of the molecule is CC1Cc2ccccc2N1C(=O)c1cccnc1Br. The number of carbonyl (C=O) groups excluding carboxylic acids is 1. The molecule has 0 saturated heterocycles. The molecule has 0 spiro atoms. The second-order valence-electron chi connectivity index (χ2n) is 4.70. The quantitative estimate of drug-likeness (QED) is 0.755. The highest BCUT2D eigenvalue weighted by Gasteiger charge is 2.31. The minimum atomic E-state index is -0.00238. The zero-order valence-corrected chi connectivity index (χ0v) is 12.1. The maximum Gasteiger partial charge on any atom is 0.261 e. The summed E-state index contributed by atoms with van der Waals surface area (Å²) in [6.07, 6.45) is 2.57. The highest BCUT2D eigenvalue weighted by Crippen LogP contribution is 2.33. The summed E-state index contributed by atoms with van der Waals surface area (Å²) in [5.74, 6) is -0.00238. The lowest BCUT2D eigenvalue weighted by Gasteiger charge is -2.23. The number of hydrogen-bond acceptors (Lipinski definition) is 2. The molecule has 3 nitrogen and oxygen atoms in total. The van der Waals surface area contributed by atoms with Crippen molar-refractivity contribution in [3.05, 3.63) is 58.3 Å². The Hall–Kier alpha value is -1.68. The van der Waals surface area contributed by atoms with Crippen molar-refractivity contribution in [3.8, 4) is 0 Å². The predicted octanol–water partition coefficient (Wildman–Crippen LogP) is 3.44. The molecule has 0 saturated carbocycles. The summed E-state index contributed by atoms with van der Waals surface area (Å²) >= 11 is 3.35. The molecule has 3 rings (SSSR count). The molecular weight excluding hydrogens is 304 g/mol. The van der Waals surface area contributed by atoms with Crippen molar-refractivity contribution in [2.45, 2.75) is 19.4 Å². The number of para-hydroxylation sites is 1. The monoisotopic (exact) mass is 316 g/mol. The second-order valence-corrected chi connectivity index (χ2v) is 5.45. The zero-order valence-electron chi connectivity index (χ0n) is 10.5. The standard InChI is InChI=1S/C15H13BrN2O/c1-10-9-11-5-2-3-7-13(11)18(10)15(19)12-6-4-8-17-14(12)16/h2-8,10H,9H2,1H3. The van der Waals surface area contributed by atoms with E-state index in [-0.39, 0.29) is 11.9 Å². The van der Waals surface area contributed by atoms with Gasteiger partial charge in [0.05, 0.1) is 5.56 Å². The fraction of sp³-hybridized carbons (Fsp3) is 0.200. The highest BCUT2D eigenvalue weighted by atomic mass is 79.9. The van der Waals surface area contributed by atoms with Gasteiger partial charge in [0.25, 0.3) is 5.91 Å². The van der Waals surface area contributed by atoms with Crippen molar-refractivity contribution in [1.29, 1.82) is 0 Å². The third-order valence-corrected chi connectivity index (χ3v) is 4.05. The van der Waals surface area contributed by atoms with Gasteiger partial charge in [-0.2, -0.15) is 0 Å². The van der Waals surface area contributed by atoms with Crippen LogP contribution in [0.25, 0.3) is 0 Å². The van der Waals surface area contributed by atoms with E-state index in [4.69, 9.17) is 0 Å². The molecule has 0 bridgehead atoms. The van der Waals surface area contributed by atoms with E-state index < -0.39 is 0 Å². The maximum absolute atomic E-state index is 12.7. The molecule has 0 radical (unpaired) electrons. The molecule has 19 heavy (non-hydrogen) atoms. The average Bonchev–Trinajstić information content (AvgIpc) is 2.74. The highest BCUT2D eigenvalue weighted by molar-refractivity contribution is 9.10. The number of halogens is 1. The van der Waals surface area contributed by atoms with E-state index in [1.807, 2.05) is 23.1 Å². The van der Waals surface area contributed by atoms with Crippen LogP contribution in [-0.2, 0) is 6.42 Å². The van der Waals surface area contributed by atoms with Crippen LogP contribution >= 0.6 is 15.9 Å². The average molecular weight is 317 g/mol. The van der Waals surface area contributed by atoms with Gasteiger partial charge in [-0.05, 0) is 53.0 Å². The molecular formula is C15H13BrN2O. The van der Waals surface area contributed by atoms with Crippen molar-refractivity contribution in [1.82, 2.24) is 4.98 Å². The molecule has 2 aromatic rings. The molecule has 1 aromatic heterocycles. The third-order valence-electron chi connectivity index (χ3n) is 3.42. The predicted molar refractivity (Wildman–Crippen MR) is 78.4 cm³/mol. The van der Waals surface area contributed by atoms with E-state index >= 15 is 0 Å². The van der Waals surface area contributed by atoms with E-state index in [1.54, 1.807) is 18.3 Å². The largest absolute Gasteiger partial charge is 0.305 e. The lowest BCUT2D eigenvalue weighted by atomic mass is 10.1. The molecule has 1 aromatic carbocycles. The van der Waals surface area contributed by atoms with Gasteiger partial charge in [-0.25, -0.2) is 4.98 Å². The fourth-order valence-electron chi connectivity index (χ4n) is 2.55. The van der Waals surface area contributed by atoms with E-state index in [9.17, 15) is 4.79 Å². The summed E-state index contributed by atoms with van der Waals surface area (Å²) in [4.78, 5) is 18.7. The Bertz CT molecular complexity index is 642. The molecule has 0 fully saturated rings. The van der Waals surface area contributed by atoms with Gasteiger partial charge < -0.3 is 4.90 Å². The summed E-state index contributed by atoms with van der Waals surface area (Å²) in [5.41, 5.74) is 2.84. The Morgan fingerprint density at radius 2 is 2.11 bits per heavy atom. The number of aromatic nitrogens is 1. The van der Waals surface area contributed by atoms with Crippen LogP contribution < -0.4 is 4.90 Å². The van der Waals surface area contributed by atoms with E-state index in [0.717, 1.165) is 12.1 Å². The molecule has 1 aliphatic heterocycles. The molecule has 0 N–H and O–H groups in total. The first-order chi connectivity index (χ1) is 9.18. The summed E-state index contributed by atoms with van der Waals surface area (Å²) in [7, 11) is 0. The Labute approximate surface area is 120 Å². The minimum absolute atomic E-state index is 0.00238. The summed E-state index contributed by atoms with van der Waals surface area (Å²) in [6, 6.07) is 11.8. The zero-order chi connectivity index (χ0) is 13.4. The van der Waals surface area contributed by atoms with Crippen LogP contribution in [0, 0.1) is 0 Å². The Morgan fingerprint density at radius 1 is 1.32 bits per heavy atom. The van der Waals surface area contributed by atoms with Crippen molar-refractivity contribution in [3.63, 3.8) is 0 Å². The lowest BCUT2D eigenvalue weighted by molar-refractivity contribution is 0.0980. The first-order valence-corrected chi connectivity index (χ1v) is 7.00. The Balaban J connectivity index is 2.03. The van der Waals surface area contributed by atoms with E-state index in [2.05, 4.69) is 33.9 Å². The van der Waals surface area contributed by atoms with Gasteiger partial charge >= 0.3 is 0 Å². The number of rotatable bonds is 1. The van der Waals surface area contributed by atoms with E-state index in [0.29, 0.717) is 10.2 Å². The number of pyridine rings is 1. The minimum Gasteiger partial charge on any atom is -0.305 e. The molecule has 1 unspecified atom stereocenters. The molecule has 1 atom stereocenters. The summed E-state index contributed by atoms with van der Waals surface area (Å²) < 4.78 is 0.594. The molecule has 96 valence electrons. The van der Waals surface area contributed by atoms with Gasteiger partial charge in [0, 0.05) is 17.9 Å². The lowest BCUT2D eigenvalue weighted by Crippen LogP contribution is -2.36. The van der Waals surface area contributed by atoms with Crippen molar-refractivity contribution in [2.75, 3.05) is 4.90 Å². The number of amides is 1. The van der Waals surface area contributed by atoms with Gasteiger partial charge in [-0.3, -0.25) is 4.79 Å². The van der Waals surface area contributed by atoms with Crippen molar-refractivity contribution >= 4 is 27.5 Å². The number of hydrogen-bond donors (Lipinski definition) is 0. The molecule has 1 amide bonds. The van der Waals surface area contributed by atoms with Crippen molar-refractivity contribution < 1.29 is 4.79 Å². The fourth-order valence-corrected chi connectivity index (χ4v) is 2.97. The van der Waals surface area contributed by atoms with Crippen LogP contribution in [-0.4, -0.2) is 16.9 Å². The van der Waals surface area contributed by atoms with Gasteiger partial charge in [-0.1, -0.05) is 18.2 Å². The van der Waals surface area contributed by atoms with Crippen LogP contribution in [0.4, 0.5) is 5.69 Å². The van der Waals surface area contributed by atoms with Crippen LogP contribution in [0.1, 0.15) is 22.8 Å². The number of carbonyl (C=O) groups is 1. The number of fused-ring (bicyclic) bond motifs is 1. The number of benzene rings is 1. The Kier molecular flexibility index (Phi) is 3.11. The van der Waals surface area contributed by atoms with Crippen LogP contribution in [0.15, 0.2) is 47.2 Å². The van der Waals surface area contributed by atoms with Crippen LogP contribution in [0.2, 0.25) is 0 Å². The van der Waals surface area contributed by atoms with Gasteiger partial charge in [0.15, 0.2) is 0 Å². The number of nitrogens with zero attached hydrogens (tertiary/aromatic N) is 2. The van der Waals surface area contributed by atoms with Crippen LogP contribution in [0.5, 0.6) is 0 Å².